The number of benzene rings is 3. The maximum atomic E-state index is 13.7. The van der Waals surface area contributed by atoms with Crippen LogP contribution in [0.2, 0.25) is 10.0 Å². The van der Waals surface area contributed by atoms with Crippen LogP contribution in [0.3, 0.4) is 0 Å². The molecule has 2 aliphatic rings. The Morgan fingerprint density at radius 3 is 2.31 bits per heavy atom. The molecule has 8 heteroatoms. The molecule has 0 aliphatic carbocycles. The molecule has 0 unspecified atom stereocenters. The molecule has 3 atom stereocenters. The van der Waals surface area contributed by atoms with Gasteiger partial charge in [-0.3, -0.25) is 14.4 Å². The van der Waals surface area contributed by atoms with Crippen molar-refractivity contribution >= 4 is 46.4 Å². The minimum absolute atomic E-state index is 0.337. The summed E-state index contributed by atoms with van der Waals surface area (Å²) in [4.78, 5) is 34.6. The lowest BCUT2D eigenvalue weighted by atomic mass is 9.94. The van der Waals surface area contributed by atoms with E-state index in [1.807, 2.05) is 49.4 Å². The van der Waals surface area contributed by atoms with Crippen LogP contribution in [0.15, 0.2) is 89.3 Å². The third-order valence-electron chi connectivity index (χ3n) is 6.53. The summed E-state index contributed by atoms with van der Waals surface area (Å²) in [6.07, 6.45) is -0.979. The third-order valence-corrected chi connectivity index (χ3v) is 7.10. The molecule has 0 saturated carbocycles. The Labute approximate surface area is 217 Å². The molecule has 4 aromatic rings. The number of aryl methyl sites for hydroxylation is 1. The highest BCUT2D eigenvalue weighted by Gasteiger charge is 2.61. The molecule has 3 heterocycles. The fourth-order valence-corrected chi connectivity index (χ4v) is 5.18. The summed E-state index contributed by atoms with van der Waals surface area (Å²) in [5, 5.41) is 2.60. The summed E-state index contributed by atoms with van der Waals surface area (Å²) < 4.78 is 6.24. The summed E-state index contributed by atoms with van der Waals surface area (Å²) in [7, 11) is 0. The molecular weight excluding hydrogens is 499 g/mol. The van der Waals surface area contributed by atoms with Gasteiger partial charge in [0.05, 0.1) is 16.4 Å². The number of nitrogens with zero attached hydrogens (tertiary/aromatic N) is 2. The van der Waals surface area contributed by atoms with Crippen LogP contribution >= 0.6 is 23.2 Å². The largest absolute Gasteiger partial charge is 0.459 e. The number of imide groups is 1. The van der Waals surface area contributed by atoms with Gasteiger partial charge >= 0.3 is 0 Å². The van der Waals surface area contributed by atoms with E-state index in [0.717, 1.165) is 5.56 Å². The van der Waals surface area contributed by atoms with Crippen molar-refractivity contribution in [2.45, 2.75) is 19.1 Å². The lowest BCUT2D eigenvalue weighted by Crippen LogP contribution is -2.37. The highest BCUT2D eigenvalue weighted by atomic mass is 35.5. The van der Waals surface area contributed by atoms with E-state index in [9.17, 15) is 9.59 Å². The summed E-state index contributed by atoms with van der Waals surface area (Å²) in [6.45, 7) is 1.95. The van der Waals surface area contributed by atoms with Crippen LogP contribution in [0.25, 0.3) is 11.3 Å². The normalized spacial score (nSPS) is 21.4. The van der Waals surface area contributed by atoms with Gasteiger partial charge in [-0.25, -0.2) is 9.96 Å². The standard InChI is InChI=1S/C28H20Cl2N2O4/c1-16-7-10-18(11-8-16)31-27(33)24-25(32(36-26(24)28(31)34)19-5-3-2-4-6-19)23-14-13-22(35-23)20-15-17(29)9-12-21(20)30/h2-15,24-26H,1H3/t24-,25+,26-/m1/s1. The quantitative estimate of drug-likeness (QED) is 0.284. The summed E-state index contributed by atoms with van der Waals surface area (Å²) in [6, 6.07) is 24.6. The molecular formula is C28H20Cl2N2O4. The molecule has 2 amide bonds. The van der Waals surface area contributed by atoms with Crippen LogP contribution < -0.4 is 9.96 Å². The van der Waals surface area contributed by atoms with Crippen molar-refractivity contribution in [3.8, 4) is 11.3 Å². The maximum Gasteiger partial charge on any atom is 0.266 e. The number of anilines is 2. The van der Waals surface area contributed by atoms with Crippen molar-refractivity contribution in [3.63, 3.8) is 0 Å². The Bertz CT molecular complexity index is 1470. The van der Waals surface area contributed by atoms with E-state index in [0.29, 0.717) is 38.5 Å². The average molecular weight is 519 g/mol. The Morgan fingerprint density at radius 1 is 0.806 bits per heavy atom. The first-order valence-corrected chi connectivity index (χ1v) is 12.2. The van der Waals surface area contributed by atoms with Gasteiger partial charge in [0.2, 0.25) is 5.91 Å². The monoisotopic (exact) mass is 518 g/mol. The zero-order valence-electron chi connectivity index (χ0n) is 19.1. The highest BCUT2D eigenvalue weighted by molar-refractivity contribution is 6.35. The van der Waals surface area contributed by atoms with E-state index in [2.05, 4.69) is 0 Å². The van der Waals surface area contributed by atoms with Crippen molar-refractivity contribution in [1.82, 2.24) is 0 Å². The Hall–Kier alpha value is -3.58. The predicted molar refractivity (Wildman–Crippen MR) is 138 cm³/mol. The molecule has 2 saturated heterocycles. The molecule has 6 rings (SSSR count). The molecule has 6 nitrogen and oxygen atoms in total. The second-order valence-electron chi connectivity index (χ2n) is 8.83. The average Bonchev–Trinajstić information content (AvgIpc) is 3.57. The van der Waals surface area contributed by atoms with E-state index >= 15 is 0 Å². The van der Waals surface area contributed by atoms with Crippen LogP contribution in [0.1, 0.15) is 17.4 Å². The molecule has 36 heavy (non-hydrogen) atoms. The minimum Gasteiger partial charge on any atom is -0.459 e. The van der Waals surface area contributed by atoms with Gasteiger partial charge in [0.25, 0.3) is 5.91 Å². The number of hydrogen-bond donors (Lipinski definition) is 0. The fraction of sp³-hybridized carbons (Fsp3) is 0.143. The second-order valence-corrected chi connectivity index (χ2v) is 9.68. The molecule has 0 bridgehead atoms. The van der Waals surface area contributed by atoms with Crippen LogP contribution in [0, 0.1) is 12.8 Å². The van der Waals surface area contributed by atoms with Gasteiger partial charge in [0.15, 0.2) is 6.10 Å². The number of halogens is 2. The van der Waals surface area contributed by atoms with Crippen LogP contribution in [-0.4, -0.2) is 17.9 Å². The van der Waals surface area contributed by atoms with Crippen LogP contribution in [0.5, 0.6) is 0 Å². The van der Waals surface area contributed by atoms with E-state index in [4.69, 9.17) is 32.5 Å². The molecule has 0 spiro atoms. The van der Waals surface area contributed by atoms with E-state index in [1.165, 1.54) is 4.90 Å². The van der Waals surface area contributed by atoms with Gasteiger partial charge in [-0.2, -0.15) is 0 Å². The summed E-state index contributed by atoms with van der Waals surface area (Å²) >= 11 is 12.6. The molecule has 2 aliphatic heterocycles. The molecule has 0 radical (unpaired) electrons. The zero-order valence-corrected chi connectivity index (χ0v) is 20.6. The van der Waals surface area contributed by atoms with Gasteiger partial charge in [0.1, 0.15) is 23.5 Å². The van der Waals surface area contributed by atoms with Gasteiger partial charge in [-0.1, -0.05) is 59.1 Å². The number of rotatable bonds is 4. The number of carbonyl (C=O) groups is 2. The van der Waals surface area contributed by atoms with Crippen molar-refractivity contribution in [2.75, 3.05) is 9.96 Å². The highest BCUT2D eigenvalue weighted by Crippen LogP contribution is 2.48. The number of amides is 2. The number of carbonyl (C=O) groups excluding carboxylic acids is 2. The van der Waals surface area contributed by atoms with E-state index in [-0.39, 0.29) is 5.91 Å². The van der Waals surface area contributed by atoms with Gasteiger partial charge < -0.3 is 4.42 Å². The van der Waals surface area contributed by atoms with Gasteiger partial charge in [0, 0.05) is 10.6 Å². The minimum atomic E-state index is -0.979. The molecule has 3 aromatic carbocycles. The van der Waals surface area contributed by atoms with Crippen molar-refractivity contribution < 1.29 is 18.8 Å². The first kappa shape index (κ1) is 22.9. The lowest BCUT2D eigenvalue weighted by molar-refractivity contribution is -0.126. The summed E-state index contributed by atoms with van der Waals surface area (Å²) in [5.41, 5.74) is 2.89. The number of fused-ring (bicyclic) bond motifs is 1. The number of hydroxylamine groups is 1. The SMILES string of the molecule is Cc1ccc(N2C(=O)[C@H]3[C@@H](ON(c4ccccc4)[C@H]3c3ccc(-c4cc(Cl)ccc4Cl)o3)C2=O)cc1. The molecule has 1 aromatic heterocycles. The smallest absolute Gasteiger partial charge is 0.266 e. The Morgan fingerprint density at radius 2 is 1.56 bits per heavy atom. The first-order chi connectivity index (χ1) is 17.4. The Balaban J connectivity index is 1.43. The number of para-hydroxylation sites is 1. The summed E-state index contributed by atoms with van der Waals surface area (Å²) in [5.74, 6) is -0.559. The molecule has 0 N–H and O–H groups in total. The third kappa shape index (κ3) is 3.69. The molecule has 2 fully saturated rings. The van der Waals surface area contributed by atoms with Crippen LogP contribution in [-0.2, 0) is 14.4 Å². The van der Waals surface area contributed by atoms with Crippen molar-refractivity contribution in [3.05, 3.63) is 106 Å². The number of furan rings is 1. The van der Waals surface area contributed by atoms with Crippen molar-refractivity contribution in [2.24, 2.45) is 5.92 Å². The second kappa shape index (κ2) is 8.82. The zero-order chi connectivity index (χ0) is 25.0. The Kier molecular flexibility index (Phi) is 5.60. The topological polar surface area (TPSA) is 63.0 Å². The van der Waals surface area contributed by atoms with Gasteiger partial charge in [-0.05, 0) is 61.5 Å². The van der Waals surface area contributed by atoms with E-state index < -0.39 is 24.0 Å². The fourth-order valence-electron chi connectivity index (χ4n) is 4.79. The first-order valence-electron chi connectivity index (χ1n) is 11.4. The van der Waals surface area contributed by atoms with E-state index in [1.54, 1.807) is 47.5 Å². The number of hydrogen-bond acceptors (Lipinski definition) is 5. The molecule has 180 valence electrons. The van der Waals surface area contributed by atoms with Gasteiger partial charge in [-0.15, -0.1) is 0 Å². The maximum absolute atomic E-state index is 13.7. The lowest BCUT2D eigenvalue weighted by Gasteiger charge is -2.27. The van der Waals surface area contributed by atoms with Crippen molar-refractivity contribution in [1.29, 1.82) is 0 Å². The van der Waals surface area contributed by atoms with Crippen LogP contribution in [0.4, 0.5) is 11.4 Å². The predicted octanol–water partition coefficient (Wildman–Crippen LogP) is 6.61.